The van der Waals surface area contributed by atoms with E-state index in [-0.39, 0.29) is 5.75 Å². The first kappa shape index (κ1) is 19.7. The molecule has 2 aromatic heterocycles. The summed E-state index contributed by atoms with van der Waals surface area (Å²) in [5.74, 6) is 0.971. The summed E-state index contributed by atoms with van der Waals surface area (Å²) in [6, 6.07) is 10.8. The van der Waals surface area contributed by atoms with Gasteiger partial charge >= 0.3 is 0 Å². The molecule has 156 valence electrons. The number of carbonyl (C=O) groups excluding carboxylic acids is 1. The molecular formula is C21H24N6O3. The van der Waals surface area contributed by atoms with Gasteiger partial charge in [-0.2, -0.15) is 5.10 Å². The Morgan fingerprint density at radius 2 is 1.90 bits per heavy atom. The second-order valence-corrected chi connectivity index (χ2v) is 7.11. The molecule has 0 spiro atoms. The monoisotopic (exact) mass is 408 g/mol. The quantitative estimate of drug-likeness (QED) is 0.468. The first-order valence-electron chi connectivity index (χ1n) is 9.76. The van der Waals surface area contributed by atoms with Crippen molar-refractivity contribution < 1.29 is 14.6 Å². The Kier molecular flexibility index (Phi) is 5.80. The van der Waals surface area contributed by atoms with Crippen molar-refractivity contribution in [1.29, 1.82) is 0 Å². The summed E-state index contributed by atoms with van der Waals surface area (Å²) in [5.41, 5.74) is 8.48. The number of nitrogens with two attached hydrogens (primary N) is 1. The van der Waals surface area contributed by atoms with Crippen molar-refractivity contribution in [2.75, 3.05) is 36.5 Å². The molecule has 0 radical (unpaired) electrons. The number of carbonyl (C=O) groups is 1. The van der Waals surface area contributed by atoms with E-state index in [9.17, 15) is 9.90 Å². The number of H-pyrrole nitrogens is 1. The largest absolute Gasteiger partial charge is 0.508 e. The Morgan fingerprint density at radius 1 is 1.17 bits per heavy atom. The van der Waals surface area contributed by atoms with Gasteiger partial charge in [-0.15, -0.1) is 0 Å². The number of nitrogens with zero attached hydrogens (tertiary/aromatic N) is 3. The standard InChI is InChI=1S/C21H24N6O3/c22-20(29)19-17(25-26-21(19)24-12-14-1-4-16(28)5-2-14)11-15-3-6-18(23-13-15)27-7-9-30-10-8-27/h1-6,13,28H,7-12H2,(H2,22,29)(H2,24,25,26). The highest BCUT2D eigenvalue weighted by Gasteiger charge is 2.19. The maximum absolute atomic E-state index is 12.1. The van der Waals surface area contributed by atoms with E-state index in [1.165, 1.54) is 0 Å². The number of morpholine rings is 1. The lowest BCUT2D eigenvalue weighted by Crippen LogP contribution is -2.36. The van der Waals surface area contributed by atoms with E-state index < -0.39 is 5.91 Å². The molecule has 3 aromatic rings. The van der Waals surface area contributed by atoms with Crippen LogP contribution in [0.2, 0.25) is 0 Å². The van der Waals surface area contributed by atoms with Crippen molar-refractivity contribution in [3.05, 3.63) is 65.0 Å². The normalized spacial score (nSPS) is 13.9. The van der Waals surface area contributed by atoms with Crippen LogP contribution in [0.3, 0.4) is 0 Å². The van der Waals surface area contributed by atoms with Gasteiger partial charge in [0.15, 0.2) is 5.82 Å². The molecule has 0 bridgehead atoms. The molecule has 1 saturated heterocycles. The van der Waals surface area contributed by atoms with Crippen molar-refractivity contribution in [1.82, 2.24) is 15.2 Å². The van der Waals surface area contributed by atoms with Gasteiger partial charge in [0.05, 0.1) is 18.9 Å². The number of nitrogens with one attached hydrogen (secondary N) is 2. The number of aromatic amines is 1. The fourth-order valence-corrected chi connectivity index (χ4v) is 3.40. The van der Waals surface area contributed by atoms with E-state index in [2.05, 4.69) is 25.4 Å². The Hall–Kier alpha value is -3.59. The highest BCUT2D eigenvalue weighted by Crippen LogP contribution is 2.21. The number of aromatic hydroxyl groups is 1. The lowest BCUT2D eigenvalue weighted by atomic mass is 10.1. The van der Waals surface area contributed by atoms with Gasteiger partial charge in [-0.1, -0.05) is 18.2 Å². The summed E-state index contributed by atoms with van der Waals surface area (Å²) in [6.45, 7) is 3.52. The van der Waals surface area contributed by atoms with Crippen LogP contribution >= 0.6 is 0 Å². The molecule has 9 nitrogen and oxygen atoms in total. The number of benzene rings is 1. The summed E-state index contributed by atoms with van der Waals surface area (Å²) in [4.78, 5) is 18.8. The molecule has 1 aliphatic rings. The van der Waals surface area contributed by atoms with Crippen molar-refractivity contribution in [3.63, 3.8) is 0 Å². The minimum Gasteiger partial charge on any atom is -0.508 e. The Bertz CT molecular complexity index is 995. The van der Waals surface area contributed by atoms with Crippen molar-refractivity contribution in [2.45, 2.75) is 13.0 Å². The van der Waals surface area contributed by atoms with Gasteiger partial charge in [0.25, 0.3) is 5.91 Å². The molecule has 1 fully saturated rings. The number of aromatic nitrogens is 3. The molecule has 4 rings (SSSR count). The summed E-state index contributed by atoms with van der Waals surface area (Å²) >= 11 is 0. The molecule has 30 heavy (non-hydrogen) atoms. The molecule has 5 N–H and O–H groups in total. The number of anilines is 2. The van der Waals surface area contributed by atoms with Crippen LogP contribution < -0.4 is 16.0 Å². The molecule has 0 unspecified atom stereocenters. The number of pyridine rings is 1. The Labute approximate surface area is 173 Å². The molecule has 9 heteroatoms. The van der Waals surface area contributed by atoms with Gasteiger partial charge in [0.2, 0.25) is 0 Å². The Morgan fingerprint density at radius 3 is 2.57 bits per heavy atom. The van der Waals surface area contributed by atoms with E-state index >= 15 is 0 Å². The van der Waals surface area contributed by atoms with Crippen LogP contribution in [0.1, 0.15) is 27.2 Å². The fraction of sp³-hybridized carbons (Fsp3) is 0.286. The number of ether oxygens (including phenoxy) is 1. The summed E-state index contributed by atoms with van der Waals surface area (Å²) in [7, 11) is 0. The fourth-order valence-electron chi connectivity index (χ4n) is 3.40. The maximum atomic E-state index is 12.1. The van der Waals surface area contributed by atoms with Crippen LogP contribution in [-0.2, 0) is 17.7 Å². The van der Waals surface area contributed by atoms with E-state index in [4.69, 9.17) is 10.5 Å². The highest BCUT2D eigenvalue weighted by atomic mass is 16.5. The van der Waals surface area contributed by atoms with Crippen LogP contribution in [0, 0.1) is 0 Å². The number of rotatable bonds is 7. The highest BCUT2D eigenvalue weighted by molar-refractivity contribution is 5.98. The van der Waals surface area contributed by atoms with Crippen molar-refractivity contribution in [3.8, 4) is 5.75 Å². The zero-order valence-electron chi connectivity index (χ0n) is 16.5. The minimum absolute atomic E-state index is 0.201. The predicted molar refractivity (Wildman–Crippen MR) is 113 cm³/mol. The van der Waals surface area contributed by atoms with Crippen LogP contribution in [0.5, 0.6) is 5.75 Å². The van der Waals surface area contributed by atoms with Crippen LogP contribution in [0.15, 0.2) is 42.6 Å². The lowest BCUT2D eigenvalue weighted by molar-refractivity contribution is 0.100. The second-order valence-electron chi connectivity index (χ2n) is 7.11. The summed E-state index contributed by atoms with van der Waals surface area (Å²) < 4.78 is 5.37. The molecule has 0 saturated carbocycles. The average molecular weight is 408 g/mol. The first-order chi connectivity index (χ1) is 14.6. The number of primary amides is 1. The zero-order valence-corrected chi connectivity index (χ0v) is 16.5. The predicted octanol–water partition coefficient (Wildman–Crippen LogP) is 1.65. The van der Waals surface area contributed by atoms with Gasteiger partial charge in [0, 0.05) is 32.3 Å². The van der Waals surface area contributed by atoms with Crippen LogP contribution in [0.25, 0.3) is 0 Å². The molecule has 0 aliphatic carbocycles. The third-order valence-electron chi connectivity index (χ3n) is 5.01. The van der Waals surface area contributed by atoms with E-state index in [0.717, 1.165) is 30.0 Å². The number of phenolic OH excluding ortho intramolecular Hbond substituents is 1. The van der Waals surface area contributed by atoms with Crippen molar-refractivity contribution in [2.24, 2.45) is 5.73 Å². The lowest BCUT2D eigenvalue weighted by Gasteiger charge is -2.27. The summed E-state index contributed by atoms with van der Waals surface area (Å²) in [5, 5.41) is 19.7. The molecule has 1 aromatic carbocycles. The van der Waals surface area contributed by atoms with Gasteiger partial charge < -0.3 is 25.8 Å². The molecule has 1 amide bonds. The number of hydrogen-bond donors (Lipinski definition) is 4. The van der Waals surface area contributed by atoms with E-state index in [0.29, 0.717) is 43.3 Å². The average Bonchev–Trinajstić information content (AvgIpc) is 3.17. The van der Waals surface area contributed by atoms with Crippen LogP contribution in [0.4, 0.5) is 11.6 Å². The van der Waals surface area contributed by atoms with Gasteiger partial charge in [0.1, 0.15) is 17.1 Å². The maximum Gasteiger partial charge on any atom is 0.254 e. The first-order valence-corrected chi connectivity index (χ1v) is 9.76. The smallest absolute Gasteiger partial charge is 0.254 e. The van der Waals surface area contributed by atoms with Crippen LogP contribution in [-0.4, -0.2) is 52.5 Å². The number of amides is 1. The molecule has 0 atom stereocenters. The Balaban J connectivity index is 1.46. The SMILES string of the molecule is NC(=O)c1c(NCc2ccc(O)cc2)n[nH]c1Cc1ccc(N2CCOCC2)nc1. The van der Waals surface area contributed by atoms with E-state index in [1.54, 1.807) is 30.5 Å². The molecular weight excluding hydrogens is 384 g/mol. The second kappa shape index (κ2) is 8.83. The van der Waals surface area contributed by atoms with Gasteiger partial charge in [-0.3, -0.25) is 9.89 Å². The van der Waals surface area contributed by atoms with E-state index in [1.807, 2.05) is 12.1 Å². The van der Waals surface area contributed by atoms with Gasteiger partial charge in [-0.05, 0) is 29.3 Å². The molecule has 3 heterocycles. The number of phenols is 1. The summed E-state index contributed by atoms with van der Waals surface area (Å²) in [6.07, 6.45) is 2.27. The third-order valence-corrected chi connectivity index (χ3v) is 5.01. The topological polar surface area (TPSA) is 129 Å². The van der Waals surface area contributed by atoms with Gasteiger partial charge in [-0.25, -0.2) is 4.98 Å². The number of hydrogen-bond acceptors (Lipinski definition) is 7. The van der Waals surface area contributed by atoms with Crippen molar-refractivity contribution >= 4 is 17.5 Å². The third kappa shape index (κ3) is 4.52. The minimum atomic E-state index is -0.551. The zero-order chi connectivity index (χ0) is 20.9. The molecule has 1 aliphatic heterocycles.